The van der Waals surface area contributed by atoms with Crippen molar-refractivity contribution in [1.29, 1.82) is 0 Å². The molecule has 0 unspecified atom stereocenters. The van der Waals surface area contributed by atoms with Crippen LogP contribution in [0.4, 0.5) is 0 Å². The van der Waals surface area contributed by atoms with E-state index in [0.717, 1.165) is 21.8 Å². The highest BCUT2D eigenvalue weighted by Crippen LogP contribution is 2.27. The van der Waals surface area contributed by atoms with Gasteiger partial charge < -0.3 is 4.84 Å². The Morgan fingerprint density at radius 3 is 1.77 bits per heavy atom. The number of benzene rings is 3. The average molecular weight is 287 g/mol. The first kappa shape index (κ1) is 12.7. The summed E-state index contributed by atoms with van der Waals surface area (Å²) in [6.45, 7) is 0. The van der Waals surface area contributed by atoms with Gasteiger partial charge in [0.15, 0.2) is 0 Å². The summed E-state index contributed by atoms with van der Waals surface area (Å²) >= 11 is 0. The zero-order chi connectivity index (χ0) is 14.9. The van der Waals surface area contributed by atoms with Gasteiger partial charge in [0.1, 0.15) is 0 Å². The monoisotopic (exact) mass is 287 g/mol. The minimum Gasteiger partial charge on any atom is -0.330 e. The number of carbonyl (C=O) groups excluding carboxylic acids is 1. The molecule has 22 heavy (non-hydrogen) atoms. The Hall–Kier alpha value is -3.07. The summed E-state index contributed by atoms with van der Waals surface area (Å²) in [5, 5.41) is 2.14. The molecule has 0 fully saturated rings. The van der Waals surface area contributed by atoms with Crippen LogP contribution in [0, 0.1) is 0 Å². The van der Waals surface area contributed by atoms with Gasteiger partial charge in [0.25, 0.3) is 0 Å². The SMILES string of the molecule is O=C(On1c2ccccc2c2ccccc21)c1ccccc1. The highest BCUT2D eigenvalue weighted by molar-refractivity contribution is 6.08. The van der Waals surface area contributed by atoms with Crippen LogP contribution in [-0.2, 0) is 0 Å². The Morgan fingerprint density at radius 1 is 0.682 bits per heavy atom. The number of rotatable bonds is 2. The van der Waals surface area contributed by atoms with E-state index in [2.05, 4.69) is 0 Å². The van der Waals surface area contributed by atoms with Gasteiger partial charge in [0.2, 0.25) is 0 Å². The van der Waals surface area contributed by atoms with Gasteiger partial charge in [0.05, 0.1) is 16.6 Å². The second-order valence-electron chi connectivity index (χ2n) is 5.07. The first-order chi connectivity index (χ1) is 10.8. The first-order valence-electron chi connectivity index (χ1n) is 7.10. The Bertz CT molecular complexity index is 917. The second kappa shape index (κ2) is 5.04. The summed E-state index contributed by atoms with van der Waals surface area (Å²) in [5.74, 6) is -0.368. The summed E-state index contributed by atoms with van der Waals surface area (Å²) in [7, 11) is 0. The number of para-hydroxylation sites is 2. The van der Waals surface area contributed by atoms with Crippen molar-refractivity contribution in [2.24, 2.45) is 0 Å². The number of carbonyl (C=O) groups is 1. The summed E-state index contributed by atoms with van der Waals surface area (Å²) in [6.07, 6.45) is 0. The third-order valence-electron chi connectivity index (χ3n) is 3.72. The summed E-state index contributed by atoms with van der Waals surface area (Å²) in [6, 6.07) is 24.8. The first-order valence-corrected chi connectivity index (χ1v) is 7.10. The number of nitrogens with zero attached hydrogens (tertiary/aromatic N) is 1. The Kier molecular flexibility index (Phi) is 2.90. The molecule has 0 atom stereocenters. The normalized spacial score (nSPS) is 10.9. The molecule has 1 aromatic heterocycles. The van der Waals surface area contributed by atoms with E-state index in [4.69, 9.17) is 4.84 Å². The molecular formula is C19H13NO2. The molecule has 0 bridgehead atoms. The molecular weight excluding hydrogens is 274 g/mol. The molecule has 4 rings (SSSR count). The van der Waals surface area contributed by atoms with Gasteiger partial charge in [0, 0.05) is 10.8 Å². The molecule has 3 heteroatoms. The smallest absolute Gasteiger partial charge is 0.330 e. The van der Waals surface area contributed by atoms with Crippen molar-refractivity contribution in [3.05, 3.63) is 84.4 Å². The van der Waals surface area contributed by atoms with E-state index in [1.54, 1.807) is 16.9 Å². The molecule has 0 radical (unpaired) electrons. The lowest BCUT2D eigenvalue weighted by atomic mass is 10.2. The van der Waals surface area contributed by atoms with E-state index in [0.29, 0.717) is 5.56 Å². The van der Waals surface area contributed by atoms with Crippen LogP contribution < -0.4 is 4.84 Å². The quantitative estimate of drug-likeness (QED) is 0.556. The zero-order valence-corrected chi connectivity index (χ0v) is 11.8. The Morgan fingerprint density at radius 2 is 1.18 bits per heavy atom. The van der Waals surface area contributed by atoms with Gasteiger partial charge in [-0.15, -0.1) is 0 Å². The highest BCUT2D eigenvalue weighted by atomic mass is 16.7. The highest BCUT2D eigenvalue weighted by Gasteiger charge is 2.14. The number of aromatic nitrogens is 1. The van der Waals surface area contributed by atoms with E-state index in [1.165, 1.54) is 0 Å². The minimum absolute atomic E-state index is 0.368. The third-order valence-corrected chi connectivity index (χ3v) is 3.72. The third kappa shape index (κ3) is 1.95. The molecule has 0 N–H and O–H groups in total. The van der Waals surface area contributed by atoms with Crippen molar-refractivity contribution in [1.82, 2.24) is 4.73 Å². The van der Waals surface area contributed by atoms with Crippen LogP contribution in [0.5, 0.6) is 0 Å². The fraction of sp³-hybridized carbons (Fsp3) is 0. The zero-order valence-electron chi connectivity index (χ0n) is 11.8. The van der Waals surface area contributed by atoms with Crippen molar-refractivity contribution in [2.45, 2.75) is 0 Å². The molecule has 3 nitrogen and oxygen atoms in total. The lowest BCUT2D eigenvalue weighted by Gasteiger charge is -2.07. The molecule has 106 valence electrons. The fourth-order valence-corrected chi connectivity index (χ4v) is 2.69. The Labute approximate surface area is 127 Å². The largest absolute Gasteiger partial charge is 0.363 e. The van der Waals surface area contributed by atoms with Crippen LogP contribution in [0.2, 0.25) is 0 Å². The topological polar surface area (TPSA) is 31.2 Å². The van der Waals surface area contributed by atoms with E-state index in [9.17, 15) is 4.79 Å². The van der Waals surface area contributed by atoms with Gasteiger partial charge in [-0.1, -0.05) is 54.6 Å². The van der Waals surface area contributed by atoms with Crippen molar-refractivity contribution in [3.8, 4) is 0 Å². The van der Waals surface area contributed by atoms with Crippen LogP contribution in [0.15, 0.2) is 78.9 Å². The van der Waals surface area contributed by atoms with Crippen molar-refractivity contribution in [3.63, 3.8) is 0 Å². The van der Waals surface area contributed by atoms with Crippen molar-refractivity contribution in [2.75, 3.05) is 0 Å². The summed E-state index contributed by atoms with van der Waals surface area (Å²) < 4.78 is 1.61. The molecule has 0 amide bonds. The molecule has 3 aromatic carbocycles. The minimum atomic E-state index is -0.368. The fourth-order valence-electron chi connectivity index (χ4n) is 2.69. The van der Waals surface area contributed by atoms with Crippen LogP contribution in [-0.4, -0.2) is 10.7 Å². The Balaban J connectivity index is 1.88. The van der Waals surface area contributed by atoms with Crippen LogP contribution >= 0.6 is 0 Å². The summed E-state index contributed by atoms with van der Waals surface area (Å²) in [5.41, 5.74) is 2.30. The maximum atomic E-state index is 12.4. The molecule has 0 aliphatic heterocycles. The molecule has 0 saturated heterocycles. The lowest BCUT2D eigenvalue weighted by molar-refractivity contribution is 0.0501. The van der Waals surface area contributed by atoms with Crippen molar-refractivity contribution < 1.29 is 9.63 Å². The van der Waals surface area contributed by atoms with E-state index in [1.807, 2.05) is 66.7 Å². The van der Waals surface area contributed by atoms with Crippen LogP contribution in [0.1, 0.15) is 10.4 Å². The predicted molar refractivity (Wildman–Crippen MR) is 86.8 cm³/mol. The maximum Gasteiger partial charge on any atom is 0.363 e. The molecule has 1 heterocycles. The van der Waals surface area contributed by atoms with E-state index >= 15 is 0 Å². The van der Waals surface area contributed by atoms with Crippen LogP contribution in [0.25, 0.3) is 21.8 Å². The lowest BCUT2D eigenvalue weighted by Crippen LogP contribution is -2.19. The maximum absolute atomic E-state index is 12.4. The van der Waals surface area contributed by atoms with Gasteiger partial charge in [-0.2, -0.15) is 4.73 Å². The van der Waals surface area contributed by atoms with Gasteiger partial charge in [-0.25, -0.2) is 4.79 Å². The summed E-state index contributed by atoms with van der Waals surface area (Å²) in [4.78, 5) is 18.0. The van der Waals surface area contributed by atoms with E-state index < -0.39 is 0 Å². The molecule has 0 spiro atoms. The molecule has 0 aliphatic rings. The van der Waals surface area contributed by atoms with Gasteiger partial charge in [-0.3, -0.25) is 0 Å². The number of hydrogen-bond acceptors (Lipinski definition) is 2. The average Bonchev–Trinajstić information content (AvgIpc) is 2.90. The van der Waals surface area contributed by atoms with Crippen LogP contribution in [0.3, 0.4) is 0 Å². The molecule has 4 aromatic rings. The standard InChI is InChI=1S/C19H13NO2/c21-19(14-8-2-1-3-9-14)22-20-17-12-6-4-10-15(17)16-11-5-7-13-18(16)20/h1-13H. The molecule has 0 saturated carbocycles. The van der Waals surface area contributed by atoms with Gasteiger partial charge >= 0.3 is 5.97 Å². The molecule has 0 aliphatic carbocycles. The second-order valence-corrected chi connectivity index (χ2v) is 5.07. The number of fused-ring (bicyclic) bond motifs is 3. The van der Waals surface area contributed by atoms with E-state index in [-0.39, 0.29) is 5.97 Å². The van der Waals surface area contributed by atoms with Crippen molar-refractivity contribution >= 4 is 27.8 Å². The number of hydrogen-bond donors (Lipinski definition) is 0. The van der Waals surface area contributed by atoms with Gasteiger partial charge in [-0.05, 0) is 24.3 Å². The predicted octanol–water partition coefficient (Wildman–Crippen LogP) is 4.06.